The van der Waals surface area contributed by atoms with Crippen molar-refractivity contribution >= 4 is 14.1 Å². The molecule has 1 fully saturated rings. The van der Waals surface area contributed by atoms with E-state index in [9.17, 15) is 4.79 Å². The van der Waals surface area contributed by atoms with Crippen LogP contribution in [0.15, 0.2) is 41.3 Å². The van der Waals surface area contributed by atoms with E-state index in [2.05, 4.69) is 11.1 Å². The Labute approximate surface area is 176 Å². The van der Waals surface area contributed by atoms with Crippen molar-refractivity contribution in [1.82, 2.24) is 9.55 Å². The van der Waals surface area contributed by atoms with Gasteiger partial charge in [0.15, 0.2) is 8.32 Å². The lowest BCUT2D eigenvalue weighted by Crippen LogP contribution is -2.52. The number of nitrogens with two attached hydrogens (primary N) is 1. The first-order valence-electron chi connectivity index (χ1n) is 9.84. The Morgan fingerprint density at radius 2 is 2.03 bits per heavy atom. The summed E-state index contributed by atoms with van der Waals surface area (Å²) < 4.78 is 44.0. The maximum absolute atomic E-state index is 15.7. The van der Waals surface area contributed by atoms with E-state index < -0.39 is 38.4 Å². The summed E-state index contributed by atoms with van der Waals surface area (Å²) in [5.41, 5.74) is 5.34. The predicted molar refractivity (Wildman–Crippen MR) is 113 cm³/mol. The standard InChI is InChI=1S/C21H28F2N3O3Si/c1-20(2,3)30(4,5)29-17-15(13-14-9-7-6-8-10-14)28-18(21(17,22)23)26-12-11-16(24)25-19(26)27/h6-9,11-12,15,17-18H,13H2,1-5H3,(H2,24,25,27)/t15-,17-,18-/m1/s1. The van der Waals surface area contributed by atoms with Crippen LogP contribution in [0.4, 0.5) is 14.6 Å². The monoisotopic (exact) mass is 436 g/mol. The van der Waals surface area contributed by atoms with Crippen molar-refractivity contribution < 1.29 is 17.9 Å². The first kappa shape index (κ1) is 22.6. The molecule has 0 amide bonds. The lowest BCUT2D eigenvalue weighted by Gasteiger charge is -2.40. The smallest absolute Gasteiger partial charge is 0.351 e. The number of rotatable bonds is 5. The molecule has 30 heavy (non-hydrogen) atoms. The van der Waals surface area contributed by atoms with Gasteiger partial charge in [-0.05, 0) is 35.8 Å². The fraction of sp³-hybridized carbons (Fsp3) is 0.524. The minimum atomic E-state index is -3.45. The molecular weight excluding hydrogens is 408 g/mol. The van der Waals surface area contributed by atoms with Gasteiger partial charge in [0.05, 0.1) is 6.10 Å². The summed E-state index contributed by atoms with van der Waals surface area (Å²) in [5, 5.41) is -0.274. The average Bonchev–Trinajstić information content (AvgIpc) is 2.86. The first-order valence-corrected chi connectivity index (χ1v) is 12.7. The molecule has 1 aromatic heterocycles. The molecule has 3 rings (SSSR count). The Hall–Kier alpha value is -2.10. The molecule has 1 radical (unpaired) electrons. The quantitative estimate of drug-likeness (QED) is 0.722. The van der Waals surface area contributed by atoms with Crippen LogP contribution in [0.5, 0.6) is 0 Å². The first-order chi connectivity index (χ1) is 13.8. The third-order valence-corrected chi connectivity index (χ3v) is 10.3. The molecule has 2 N–H and O–H groups in total. The maximum atomic E-state index is 15.7. The van der Waals surface area contributed by atoms with E-state index in [0.717, 1.165) is 10.1 Å². The molecule has 0 aliphatic carbocycles. The number of halogens is 2. The fourth-order valence-corrected chi connectivity index (χ4v) is 4.45. The van der Waals surface area contributed by atoms with Gasteiger partial charge in [0.1, 0.15) is 11.9 Å². The Balaban J connectivity index is 2.01. The van der Waals surface area contributed by atoms with Crippen LogP contribution < -0.4 is 11.4 Å². The van der Waals surface area contributed by atoms with Gasteiger partial charge in [-0.3, -0.25) is 4.57 Å². The molecule has 6 nitrogen and oxygen atoms in total. The topological polar surface area (TPSA) is 79.4 Å². The van der Waals surface area contributed by atoms with Gasteiger partial charge in [-0.15, -0.1) is 0 Å². The van der Waals surface area contributed by atoms with E-state index in [1.165, 1.54) is 12.3 Å². The molecule has 9 heteroatoms. The summed E-state index contributed by atoms with van der Waals surface area (Å²) in [4.78, 5) is 15.8. The molecule has 1 aliphatic heterocycles. The highest BCUT2D eigenvalue weighted by atomic mass is 28.4. The van der Waals surface area contributed by atoms with E-state index >= 15 is 8.78 Å². The van der Waals surface area contributed by atoms with Crippen LogP contribution in [-0.4, -0.2) is 36.0 Å². The number of benzene rings is 1. The highest BCUT2D eigenvalue weighted by molar-refractivity contribution is 6.74. The van der Waals surface area contributed by atoms with Gasteiger partial charge in [0, 0.05) is 12.6 Å². The van der Waals surface area contributed by atoms with Crippen molar-refractivity contribution in [3.8, 4) is 0 Å². The van der Waals surface area contributed by atoms with Gasteiger partial charge in [0.2, 0.25) is 6.23 Å². The molecule has 0 unspecified atom stereocenters. The Kier molecular flexibility index (Phi) is 5.92. The predicted octanol–water partition coefficient (Wildman–Crippen LogP) is 3.79. The summed E-state index contributed by atoms with van der Waals surface area (Å²) in [6, 6.07) is 11.5. The second kappa shape index (κ2) is 7.86. The molecule has 1 aliphatic rings. The van der Waals surface area contributed by atoms with Crippen LogP contribution in [0.1, 0.15) is 32.6 Å². The van der Waals surface area contributed by atoms with Crippen LogP contribution >= 0.6 is 0 Å². The number of nitrogen functional groups attached to an aromatic ring is 1. The van der Waals surface area contributed by atoms with Crippen LogP contribution in [0.25, 0.3) is 0 Å². The summed E-state index contributed by atoms with van der Waals surface area (Å²) in [6.45, 7) is 9.79. The highest BCUT2D eigenvalue weighted by Gasteiger charge is 2.62. The molecule has 0 saturated carbocycles. The van der Waals surface area contributed by atoms with Crippen molar-refractivity contribution in [2.45, 2.75) is 69.7 Å². The van der Waals surface area contributed by atoms with E-state index in [-0.39, 0.29) is 17.3 Å². The molecule has 2 heterocycles. The fourth-order valence-electron chi connectivity index (χ4n) is 3.15. The molecule has 1 saturated heterocycles. The van der Waals surface area contributed by atoms with Crippen molar-refractivity contribution in [2.24, 2.45) is 0 Å². The molecule has 1 aromatic carbocycles. The maximum Gasteiger partial charge on any atom is 0.351 e. The largest absolute Gasteiger partial charge is 0.405 e. The van der Waals surface area contributed by atoms with Crippen molar-refractivity contribution in [3.05, 3.63) is 58.6 Å². The zero-order chi connectivity index (χ0) is 22.3. The number of aromatic nitrogens is 2. The minimum absolute atomic E-state index is 0.0397. The van der Waals surface area contributed by atoms with Crippen molar-refractivity contribution in [2.75, 3.05) is 5.73 Å². The van der Waals surface area contributed by atoms with Crippen LogP contribution in [0, 0.1) is 6.07 Å². The molecule has 0 spiro atoms. The van der Waals surface area contributed by atoms with Gasteiger partial charge >= 0.3 is 11.6 Å². The molecular formula is C21H28F2N3O3Si. The number of hydrogen-bond acceptors (Lipinski definition) is 5. The minimum Gasteiger partial charge on any atom is -0.405 e. The van der Waals surface area contributed by atoms with E-state index in [1.54, 1.807) is 18.2 Å². The van der Waals surface area contributed by atoms with Crippen molar-refractivity contribution in [1.29, 1.82) is 0 Å². The molecule has 0 bridgehead atoms. The zero-order valence-corrected chi connectivity index (χ0v) is 18.9. The van der Waals surface area contributed by atoms with Gasteiger partial charge in [-0.25, -0.2) is 4.79 Å². The molecule has 3 atom stereocenters. The summed E-state index contributed by atoms with van der Waals surface area (Å²) >= 11 is 0. The number of alkyl halides is 2. The highest BCUT2D eigenvalue weighted by Crippen LogP contribution is 2.48. The molecule has 163 valence electrons. The summed E-state index contributed by atoms with van der Waals surface area (Å²) in [5.74, 6) is -3.49. The van der Waals surface area contributed by atoms with Gasteiger partial charge in [-0.1, -0.05) is 45.0 Å². The van der Waals surface area contributed by atoms with E-state index in [4.69, 9.17) is 14.9 Å². The third kappa shape index (κ3) is 4.33. The van der Waals surface area contributed by atoms with Crippen LogP contribution in [-0.2, 0) is 15.6 Å². The van der Waals surface area contributed by atoms with Gasteiger partial charge in [-0.2, -0.15) is 13.8 Å². The normalized spacial score (nSPS) is 24.2. The molecule has 2 aromatic rings. The number of hydrogen-bond donors (Lipinski definition) is 1. The van der Waals surface area contributed by atoms with E-state index in [0.29, 0.717) is 0 Å². The van der Waals surface area contributed by atoms with Crippen molar-refractivity contribution in [3.63, 3.8) is 0 Å². The number of anilines is 1. The van der Waals surface area contributed by atoms with Gasteiger partial charge < -0.3 is 14.9 Å². The number of ether oxygens (including phenoxy) is 1. The number of nitrogens with zero attached hydrogens (tertiary/aromatic N) is 2. The zero-order valence-electron chi connectivity index (χ0n) is 17.9. The lowest BCUT2D eigenvalue weighted by atomic mass is 10.0. The lowest BCUT2D eigenvalue weighted by molar-refractivity contribution is -0.138. The Morgan fingerprint density at radius 3 is 2.60 bits per heavy atom. The Bertz CT molecular complexity index is 945. The second-order valence-electron chi connectivity index (χ2n) is 9.13. The summed E-state index contributed by atoms with van der Waals surface area (Å²) in [6.07, 6.45) is -2.93. The van der Waals surface area contributed by atoms with Crippen LogP contribution in [0.3, 0.4) is 0 Å². The van der Waals surface area contributed by atoms with Gasteiger partial charge in [0.25, 0.3) is 0 Å². The van der Waals surface area contributed by atoms with Crippen LogP contribution in [0.2, 0.25) is 18.1 Å². The summed E-state index contributed by atoms with van der Waals surface area (Å²) in [7, 11) is -2.56. The third-order valence-electron chi connectivity index (χ3n) is 5.88. The Morgan fingerprint density at radius 1 is 1.33 bits per heavy atom. The van der Waals surface area contributed by atoms with E-state index in [1.807, 2.05) is 39.9 Å². The second-order valence-corrected chi connectivity index (χ2v) is 13.9. The SMILES string of the molecule is CC(C)(C)[Si](C)(C)O[C@@H]1[C@@H](Cc2[c]cccc2)O[C@@H](n2ccc(N)nc2=O)C1(F)F. The average molecular weight is 437 g/mol.